The smallest absolute Gasteiger partial charge is 0.329 e. The van der Waals surface area contributed by atoms with Crippen molar-refractivity contribution in [2.24, 2.45) is 5.73 Å². The van der Waals surface area contributed by atoms with Crippen molar-refractivity contribution in [1.29, 1.82) is 0 Å². The molecule has 0 fully saturated rings. The number of para-hydroxylation sites is 2. The maximum atomic E-state index is 11.6. The Balaban J connectivity index is 2.66. The molecule has 5 nitrogen and oxygen atoms in total. The maximum absolute atomic E-state index is 11.6. The zero-order valence-corrected chi connectivity index (χ0v) is 10.9. The molecule has 1 unspecified atom stereocenters. The van der Waals surface area contributed by atoms with Crippen molar-refractivity contribution >= 4 is 5.97 Å². The molecule has 0 aliphatic rings. The van der Waals surface area contributed by atoms with Gasteiger partial charge in [0.25, 0.3) is 0 Å². The van der Waals surface area contributed by atoms with Gasteiger partial charge >= 0.3 is 5.97 Å². The Bertz CT molecular complexity index is 404. The second-order valence-corrected chi connectivity index (χ2v) is 4.08. The second kappa shape index (κ2) is 6.26. The van der Waals surface area contributed by atoms with Crippen molar-refractivity contribution < 1.29 is 19.0 Å². The maximum Gasteiger partial charge on any atom is 0.329 e. The normalized spacial score (nSPS) is 13.6. The quantitative estimate of drug-likeness (QED) is 0.775. The largest absolute Gasteiger partial charge is 0.493 e. The highest BCUT2D eigenvalue weighted by molar-refractivity contribution is 5.80. The Hall–Kier alpha value is -1.75. The van der Waals surface area contributed by atoms with Crippen LogP contribution in [0.25, 0.3) is 0 Å². The van der Waals surface area contributed by atoms with Gasteiger partial charge in [0.1, 0.15) is 12.1 Å². The Kier molecular flexibility index (Phi) is 4.97. The molecule has 0 aliphatic heterocycles. The summed E-state index contributed by atoms with van der Waals surface area (Å²) in [5.41, 5.74) is 4.66. The highest BCUT2D eigenvalue weighted by Gasteiger charge is 2.31. The molecule has 0 aliphatic carbocycles. The van der Waals surface area contributed by atoms with Crippen LogP contribution < -0.4 is 15.2 Å². The van der Waals surface area contributed by atoms with Gasteiger partial charge in [-0.1, -0.05) is 12.1 Å². The summed E-state index contributed by atoms with van der Waals surface area (Å²) in [6.45, 7) is 3.61. The molecule has 5 heteroatoms. The monoisotopic (exact) mass is 253 g/mol. The molecule has 100 valence electrons. The van der Waals surface area contributed by atoms with Crippen LogP contribution in [0.3, 0.4) is 0 Å². The van der Waals surface area contributed by atoms with E-state index in [0.717, 1.165) is 0 Å². The van der Waals surface area contributed by atoms with Gasteiger partial charge in [-0.05, 0) is 26.0 Å². The summed E-state index contributed by atoms with van der Waals surface area (Å²) in [5.74, 6) is 0.651. The van der Waals surface area contributed by atoms with Crippen molar-refractivity contribution in [3.63, 3.8) is 0 Å². The van der Waals surface area contributed by atoms with E-state index in [0.29, 0.717) is 18.1 Å². The van der Waals surface area contributed by atoms with Gasteiger partial charge in [0.15, 0.2) is 11.5 Å². The van der Waals surface area contributed by atoms with Crippen molar-refractivity contribution in [3.8, 4) is 11.5 Å². The van der Waals surface area contributed by atoms with E-state index in [1.165, 1.54) is 0 Å². The van der Waals surface area contributed by atoms with E-state index in [2.05, 4.69) is 0 Å². The van der Waals surface area contributed by atoms with E-state index >= 15 is 0 Å². The lowest BCUT2D eigenvalue weighted by molar-refractivity contribution is -0.150. The lowest BCUT2D eigenvalue weighted by Gasteiger charge is -2.22. The molecule has 0 bridgehead atoms. The van der Waals surface area contributed by atoms with Gasteiger partial charge in [-0.3, -0.25) is 0 Å². The fraction of sp³-hybridized carbons (Fsp3) is 0.462. The molecule has 0 radical (unpaired) electrons. The van der Waals surface area contributed by atoms with Gasteiger partial charge in [-0.15, -0.1) is 0 Å². The number of hydrogen-bond donors (Lipinski definition) is 1. The third-order valence-corrected chi connectivity index (χ3v) is 2.34. The van der Waals surface area contributed by atoms with Crippen molar-refractivity contribution in [3.05, 3.63) is 24.3 Å². The SMILES string of the molecule is CCOC(=O)C(C)(N)COc1ccccc1OC. The lowest BCUT2D eigenvalue weighted by atomic mass is 10.1. The van der Waals surface area contributed by atoms with Crippen LogP contribution in [0.4, 0.5) is 0 Å². The van der Waals surface area contributed by atoms with Crippen molar-refractivity contribution in [2.75, 3.05) is 20.3 Å². The number of methoxy groups -OCH3 is 1. The minimum absolute atomic E-state index is 0.0200. The topological polar surface area (TPSA) is 70.8 Å². The van der Waals surface area contributed by atoms with Crippen LogP contribution in [0.15, 0.2) is 24.3 Å². The Morgan fingerprint density at radius 2 is 1.94 bits per heavy atom. The summed E-state index contributed by atoms with van der Waals surface area (Å²) < 4.78 is 15.5. The summed E-state index contributed by atoms with van der Waals surface area (Å²) in [5, 5.41) is 0. The standard InChI is InChI=1S/C13H19NO4/c1-4-17-12(15)13(2,14)9-18-11-8-6-5-7-10(11)16-3/h5-8H,4,9,14H2,1-3H3. The average molecular weight is 253 g/mol. The van der Waals surface area contributed by atoms with Crippen LogP contribution in [0.1, 0.15) is 13.8 Å². The van der Waals surface area contributed by atoms with E-state index in [4.69, 9.17) is 19.9 Å². The lowest BCUT2D eigenvalue weighted by Crippen LogP contribution is -2.51. The van der Waals surface area contributed by atoms with Crippen LogP contribution >= 0.6 is 0 Å². The number of hydrogen-bond acceptors (Lipinski definition) is 5. The fourth-order valence-electron chi connectivity index (χ4n) is 1.32. The fourth-order valence-corrected chi connectivity index (χ4v) is 1.32. The van der Waals surface area contributed by atoms with E-state index < -0.39 is 11.5 Å². The minimum atomic E-state index is -1.18. The minimum Gasteiger partial charge on any atom is -0.493 e. The highest BCUT2D eigenvalue weighted by atomic mass is 16.5. The zero-order valence-electron chi connectivity index (χ0n) is 10.9. The second-order valence-electron chi connectivity index (χ2n) is 4.08. The van der Waals surface area contributed by atoms with Gasteiger partial charge in [-0.2, -0.15) is 0 Å². The third kappa shape index (κ3) is 3.63. The molecule has 1 aromatic rings. The van der Waals surface area contributed by atoms with Crippen LogP contribution in [-0.2, 0) is 9.53 Å². The molecule has 1 aromatic carbocycles. The number of carbonyl (C=O) groups excluding carboxylic acids is 1. The molecule has 0 amide bonds. The van der Waals surface area contributed by atoms with Crippen LogP contribution in [0.2, 0.25) is 0 Å². The summed E-state index contributed by atoms with van der Waals surface area (Å²) in [7, 11) is 1.55. The first kappa shape index (κ1) is 14.3. The Morgan fingerprint density at radius 3 is 2.50 bits per heavy atom. The molecule has 1 rings (SSSR count). The van der Waals surface area contributed by atoms with Crippen LogP contribution in [-0.4, -0.2) is 31.8 Å². The Morgan fingerprint density at radius 1 is 1.33 bits per heavy atom. The van der Waals surface area contributed by atoms with Crippen molar-refractivity contribution in [1.82, 2.24) is 0 Å². The van der Waals surface area contributed by atoms with Gasteiger partial charge < -0.3 is 19.9 Å². The van der Waals surface area contributed by atoms with Crippen LogP contribution in [0, 0.1) is 0 Å². The molecule has 0 saturated carbocycles. The number of benzene rings is 1. The molecular formula is C13H19NO4. The van der Waals surface area contributed by atoms with Gasteiger partial charge in [-0.25, -0.2) is 4.79 Å². The number of rotatable bonds is 6. The first-order valence-electron chi connectivity index (χ1n) is 5.73. The summed E-state index contributed by atoms with van der Waals surface area (Å²) in [4.78, 5) is 11.6. The molecule has 0 aromatic heterocycles. The summed E-state index contributed by atoms with van der Waals surface area (Å²) >= 11 is 0. The van der Waals surface area contributed by atoms with E-state index in [-0.39, 0.29) is 6.61 Å². The molecule has 2 N–H and O–H groups in total. The highest BCUT2D eigenvalue weighted by Crippen LogP contribution is 2.26. The summed E-state index contributed by atoms with van der Waals surface area (Å²) in [6.07, 6.45) is 0. The van der Waals surface area contributed by atoms with Crippen molar-refractivity contribution in [2.45, 2.75) is 19.4 Å². The van der Waals surface area contributed by atoms with E-state index in [9.17, 15) is 4.79 Å². The summed E-state index contributed by atoms with van der Waals surface area (Å²) in [6, 6.07) is 7.17. The predicted octanol–water partition coefficient (Wildman–Crippen LogP) is 1.35. The Labute approximate surface area is 107 Å². The predicted molar refractivity (Wildman–Crippen MR) is 67.7 cm³/mol. The first-order chi connectivity index (χ1) is 8.51. The van der Waals surface area contributed by atoms with Gasteiger partial charge in [0.05, 0.1) is 13.7 Å². The number of carbonyl (C=O) groups is 1. The van der Waals surface area contributed by atoms with Crippen LogP contribution in [0.5, 0.6) is 11.5 Å². The van der Waals surface area contributed by atoms with E-state index in [1.807, 2.05) is 12.1 Å². The van der Waals surface area contributed by atoms with Gasteiger partial charge in [0.2, 0.25) is 0 Å². The number of esters is 1. The number of nitrogens with two attached hydrogens (primary N) is 1. The van der Waals surface area contributed by atoms with E-state index in [1.54, 1.807) is 33.1 Å². The molecule has 0 spiro atoms. The molecule has 1 atom stereocenters. The number of ether oxygens (including phenoxy) is 3. The molecule has 0 saturated heterocycles. The molecular weight excluding hydrogens is 234 g/mol. The molecule has 0 heterocycles. The van der Waals surface area contributed by atoms with Gasteiger partial charge in [0, 0.05) is 0 Å². The average Bonchev–Trinajstić information content (AvgIpc) is 2.37. The zero-order chi connectivity index (χ0) is 13.6. The molecule has 18 heavy (non-hydrogen) atoms. The third-order valence-electron chi connectivity index (χ3n) is 2.34. The first-order valence-corrected chi connectivity index (χ1v) is 5.73.